The summed E-state index contributed by atoms with van der Waals surface area (Å²) in [5.74, 6) is 0.408. The molecule has 1 aromatic rings. The molecule has 0 aromatic heterocycles. The molecular weight excluding hydrogens is 345 g/mol. The molecule has 5 N–H and O–H groups in total. The molecule has 1 atom stereocenters. The first kappa shape index (κ1) is 20.1. The highest BCUT2D eigenvalue weighted by Crippen LogP contribution is 2.30. The van der Waals surface area contributed by atoms with Crippen LogP contribution in [0.2, 0.25) is 0 Å². The maximum Gasteiger partial charge on any atom is 0.547 e. The Labute approximate surface area is 161 Å². The highest BCUT2D eigenvalue weighted by Gasteiger charge is 2.37. The fourth-order valence-electron chi connectivity index (χ4n) is 3.99. The third kappa shape index (κ3) is 5.22. The number of amides is 1. The van der Waals surface area contributed by atoms with Crippen LogP contribution in [0.3, 0.4) is 0 Å². The normalized spacial score (nSPS) is 20.9. The summed E-state index contributed by atoms with van der Waals surface area (Å²) in [6.45, 7) is 3.65. The maximum atomic E-state index is 12.5. The van der Waals surface area contributed by atoms with Crippen LogP contribution in [0.4, 0.5) is 0 Å². The molecule has 0 saturated carbocycles. The van der Waals surface area contributed by atoms with Gasteiger partial charge in [-0.15, -0.1) is 0 Å². The minimum atomic E-state index is -1.10. The number of nitrogens with zero attached hydrogens (tertiary/aromatic N) is 1. The molecule has 0 spiro atoms. The number of fused-ring (bicyclic) bond motifs is 1. The Hall–Kier alpha value is -1.61. The quantitative estimate of drug-likeness (QED) is 0.503. The lowest BCUT2D eigenvalue weighted by Crippen LogP contribution is -2.53. The smallest absolute Gasteiger partial charge is 0.534 e. The third-order valence-electron chi connectivity index (χ3n) is 5.58. The van der Waals surface area contributed by atoms with E-state index in [1.807, 2.05) is 12.1 Å². The molecule has 3 rings (SSSR count). The van der Waals surface area contributed by atoms with Crippen molar-refractivity contribution in [1.82, 2.24) is 10.2 Å². The Bertz CT molecular complexity index is 637. The fourth-order valence-corrected chi connectivity index (χ4v) is 3.99. The lowest BCUT2D eigenvalue weighted by Gasteiger charge is -2.32. The average molecular weight is 375 g/mol. The van der Waals surface area contributed by atoms with Crippen LogP contribution in [0.5, 0.6) is 5.75 Å². The summed E-state index contributed by atoms with van der Waals surface area (Å²) in [5.41, 5.74) is 7.11. The minimum Gasteiger partial charge on any atom is -0.534 e. The van der Waals surface area contributed by atoms with E-state index in [9.17, 15) is 14.9 Å². The van der Waals surface area contributed by atoms with Gasteiger partial charge in [0, 0.05) is 12.0 Å². The van der Waals surface area contributed by atoms with Crippen LogP contribution >= 0.6 is 0 Å². The van der Waals surface area contributed by atoms with Crippen LogP contribution in [-0.4, -0.2) is 60.2 Å². The number of nitrogens with two attached hydrogens (primary N) is 1. The number of carbonyl (C=O) groups is 1. The van der Waals surface area contributed by atoms with Crippen molar-refractivity contribution in [2.45, 2.75) is 44.7 Å². The second kappa shape index (κ2) is 9.55. The summed E-state index contributed by atoms with van der Waals surface area (Å²) in [5, 5.41) is 22.6. The van der Waals surface area contributed by atoms with E-state index in [2.05, 4.69) is 10.2 Å². The van der Waals surface area contributed by atoms with E-state index in [-0.39, 0.29) is 12.5 Å². The summed E-state index contributed by atoms with van der Waals surface area (Å²) >= 11 is 0. The summed E-state index contributed by atoms with van der Waals surface area (Å²) in [6.07, 6.45) is 4.03. The largest absolute Gasteiger partial charge is 0.547 e. The van der Waals surface area contributed by atoms with Gasteiger partial charge in [0.25, 0.3) is 0 Å². The highest BCUT2D eigenvalue weighted by molar-refractivity contribution is 6.46. The molecule has 7 nitrogen and oxygen atoms in total. The lowest BCUT2D eigenvalue weighted by molar-refractivity contribution is -0.122. The number of benzene rings is 1. The van der Waals surface area contributed by atoms with Crippen LogP contribution in [0.15, 0.2) is 18.2 Å². The summed E-state index contributed by atoms with van der Waals surface area (Å²) in [4.78, 5) is 14.9. The van der Waals surface area contributed by atoms with Gasteiger partial charge >= 0.3 is 7.12 Å². The van der Waals surface area contributed by atoms with Gasteiger partial charge in [-0.3, -0.25) is 4.79 Å². The van der Waals surface area contributed by atoms with Gasteiger partial charge in [0.2, 0.25) is 5.91 Å². The molecule has 2 aliphatic heterocycles. The van der Waals surface area contributed by atoms with E-state index in [0.717, 1.165) is 51.0 Å². The monoisotopic (exact) mass is 375 g/mol. The van der Waals surface area contributed by atoms with E-state index < -0.39 is 13.1 Å². The second-order valence-corrected chi connectivity index (χ2v) is 7.58. The lowest BCUT2D eigenvalue weighted by atomic mass is 9.72. The summed E-state index contributed by atoms with van der Waals surface area (Å²) in [7, 11) is -1.10. The number of piperidine rings is 1. The molecule has 2 heterocycles. The molecule has 0 unspecified atom stereocenters. The number of aliphatic hydroxyl groups excluding tert-OH is 1. The van der Waals surface area contributed by atoms with Gasteiger partial charge in [0.05, 0.1) is 12.5 Å². The maximum absolute atomic E-state index is 12.5. The number of carbonyl (C=O) groups excluding carboxylic acids is 1. The highest BCUT2D eigenvalue weighted by atomic mass is 16.5. The molecule has 0 aliphatic carbocycles. The van der Waals surface area contributed by atoms with Gasteiger partial charge < -0.3 is 30.7 Å². The second-order valence-electron chi connectivity index (χ2n) is 7.58. The van der Waals surface area contributed by atoms with Gasteiger partial charge in [0.1, 0.15) is 5.75 Å². The van der Waals surface area contributed by atoms with Crippen LogP contribution < -0.4 is 15.7 Å². The van der Waals surface area contributed by atoms with Gasteiger partial charge in [0.15, 0.2) is 0 Å². The van der Waals surface area contributed by atoms with Crippen molar-refractivity contribution in [3.05, 3.63) is 29.3 Å². The molecule has 1 fully saturated rings. The van der Waals surface area contributed by atoms with Gasteiger partial charge in [-0.1, -0.05) is 18.2 Å². The van der Waals surface area contributed by atoms with Crippen LogP contribution in [0.1, 0.15) is 36.8 Å². The zero-order valence-electron chi connectivity index (χ0n) is 15.8. The number of likely N-dealkylation sites (tertiary alicyclic amines) is 1. The minimum absolute atomic E-state index is 0.0372. The van der Waals surface area contributed by atoms with Crippen LogP contribution in [-0.2, 0) is 17.8 Å². The number of rotatable bonds is 7. The number of hydrogen-bond donors (Lipinski definition) is 4. The van der Waals surface area contributed by atoms with E-state index in [4.69, 9.17) is 10.4 Å². The number of hydrogen-bond acceptors (Lipinski definition) is 6. The van der Waals surface area contributed by atoms with E-state index in [0.29, 0.717) is 30.1 Å². The average Bonchev–Trinajstić information content (AvgIpc) is 2.67. The molecular formula is C19H30BN3O4. The molecule has 27 heavy (non-hydrogen) atoms. The fraction of sp³-hybridized carbons (Fsp3) is 0.632. The predicted octanol–water partition coefficient (Wildman–Crippen LogP) is 0.0692. The molecule has 2 aliphatic rings. The standard InChI is InChI=1S/C19H30BN3O4/c21-7-2-8-23-9-5-14(6-10-23)11-18(25)22-17-12-15-3-1-4-16(13-24)19(15)27-20(17)26/h1,3-4,14,17,24,26H,2,5-13,21H2,(H,22,25)/t17-/m0/s1. The SMILES string of the molecule is NCCCN1CCC(CC(=O)N[C@H]2Cc3cccc(CO)c3OB2O)CC1. The van der Waals surface area contributed by atoms with Crippen molar-refractivity contribution >= 4 is 13.0 Å². The Kier molecular flexibility index (Phi) is 7.12. The first-order valence-corrected chi connectivity index (χ1v) is 9.88. The van der Waals surface area contributed by atoms with Crippen molar-refractivity contribution < 1.29 is 19.6 Å². The van der Waals surface area contributed by atoms with E-state index >= 15 is 0 Å². The number of para-hydroxylation sites is 1. The van der Waals surface area contributed by atoms with Gasteiger partial charge in [-0.2, -0.15) is 0 Å². The van der Waals surface area contributed by atoms with Crippen molar-refractivity contribution in [1.29, 1.82) is 0 Å². The number of aliphatic hydroxyl groups is 1. The van der Waals surface area contributed by atoms with Gasteiger partial charge in [-0.25, -0.2) is 0 Å². The van der Waals surface area contributed by atoms with E-state index in [1.165, 1.54) is 0 Å². The van der Waals surface area contributed by atoms with Crippen molar-refractivity contribution in [3.8, 4) is 5.75 Å². The summed E-state index contributed by atoms with van der Waals surface area (Å²) in [6, 6.07) is 5.52. The Morgan fingerprint density at radius 1 is 1.37 bits per heavy atom. The molecule has 148 valence electrons. The molecule has 0 radical (unpaired) electrons. The zero-order chi connectivity index (χ0) is 19.2. The topological polar surface area (TPSA) is 108 Å². The first-order chi connectivity index (χ1) is 13.1. The molecule has 0 bridgehead atoms. The Morgan fingerprint density at radius 3 is 2.85 bits per heavy atom. The zero-order valence-corrected chi connectivity index (χ0v) is 15.8. The summed E-state index contributed by atoms with van der Waals surface area (Å²) < 4.78 is 5.57. The van der Waals surface area contributed by atoms with E-state index in [1.54, 1.807) is 6.07 Å². The van der Waals surface area contributed by atoms with Crippen molar-refractivity contribution in [2.75, 3.05) is 26.2 Å². The van der Waals surface area contributed by atoms with Crippen molar-refractivity contribution in [3.63, 3.8) is 0 Å². The first-order valence-electron chi connectivity index (χ1n) is 9.88. The third-order valence-corrected chi connectivity index (χ3v) is 5.58. The number of nitrogens with one attached hydrogen (secondary N) is 1. The Morgan fingerprint density at radius 2 is 2.15 bits per heavy atom. The van der Waals surface area contributed by atoms with Crippen LogP contribution in [0.25, 0.3) is 0 Å². The predicted molar refractivity (Wildman–Crippen MR) is 104 cm³/mol. The molecule has 1 amide bonds. The van der Waals surface area contributed by atoms with Crippen LogP contribution in [0, 0.1) is 5.92 Å². The van der Waals surface area contributed by atoms with Crippen molar-refractivity contribution in [2.24, 2.45) is 11.7 Å². The molecule has 1 saturated heterocycles. The molecule has 1 aromatic carbocycles. The Balaban J connectivity index is 1.48. The molecule has 8 heteroatoms. The van der Waals surface area contributed by atoms with Gasteiger partial charge in [-0.05, 0) is 63.3 Å².